The van der Waals surface area contributed by atoms with Crippen molar-refractivity contribution in [3.63, 3.8) is 0 Å². The maximum Gasteiger partial charge on any atom is 0.242 e. The zero-order chi connectivity index (χ0) is 17.2. The number of hydrogen-bond acceptors (Lipinski definition) is 4. The number of rotatable bonds is 3. The Kier molecular flexibility index (Phi) is 5.83. The number of ether oxygens (including phenoxy) is 1. The first kappa shape index (κ1) is 18.2. The molecular formula is C19H35N3O2. The van der Waals surface area contributed by atoms with E-state index in [4.69, 9.17) is 10.5 Å². The predicted octanol–water partition coefficient (Wildman–Crippen LogP) is 2.00. The second-order valence-corrected chi connectivity index (χ2v) is 8.43. The van der Waals surface area contributed by atoms with E-state index in [9.17, 15) is 4.79 Å². The third kappa shape index (κ3) is 4.30. The van der Waals surface area contributed by atoms with E-state index in [1.165, 1.54) is 6.42 Å². The summed E-state index contributed by atoms with van der Waals surface area (Å²) in [5.74, 6) is 0.917. The maximum absolute atomic E-state index is 12.8. The molecule has 1 aliphatic carbocycles. The summed E-state index contributed by atoms with van der Waals surface area (Å²) in [6.45, 7) is 9.32. The fourth-order valence-electron chi connectivity index (χ4n) is 4.83. The van der Waals surface area contributed by atoms with Crippen LogP contribution in [0.3, 0.4) is 0 Å². The van der Waals surface area contributed by atoms with Crippen LogP contribution in [0.2, 0.25) is 0 Å². The molecule has 138 valence electrons. The van der Waals surface area contributed by atoms with Crippen molar-refractivity contribution in [2.45, 2.75) is 76.5 Å². The molecule has 1 saturated carbocycles. The first-order valence-electron chi connectivity index (χ1n) is 9.92. The largest absolute Gasteiger partial charge is 0.373 e. The molecule has 2 unspecified atom stereocenters. The van der Waals surface area contributed by atoms with Gasteiger partial charge in [0.1, 0.15) is 0 Å². The summed E-state index contributed by atoms with van der Waals surface area (Å²) in [6, 6.07) is 0. The van der Waals surface area contributed by atoms with Gasteiger partial charge in [0.05, 0.1) is 17.7 Å². The van der Waals surface area contributed by atoms with Gasteiger partial charge >= 0.3 is 0 Å². The molecule has 5 heteroatoms. The van der Waals surface area contributed by atoms with Gasteiger partial charge in [0, 0.05) is 32.7 Å². The van der Waals surface area contributed by atoms with Crippen molar-refractivity contribution in [1.82, 2.24) is 9.80 Å². The molecule has 1 amide bonds. The molecule has 2 heterocycles. The molecule has 2 N–H and O–H groups in total. The third-order valence-electron chi connectivity index (χ3n) is 6.09. The van der Waals surface area contributed by atoms with E-state index in [-0.39, 0.29) is 5.91 Å². The maximum atomic E-state index is 12.8. The molecule has 0 aromatic rings. The first-order chi connectivity index (χ1) is 11.5. The average Bonchev–Trinajstić information content (AvgIpc) is 2.55. The fourth-order valence-corrected chi connectivity index (χ4v) is 4.83. The lowest BCUT2D eigenvalue weighted by atomic mass is 9.81. The van der Waals surface area contributed by atoms with Crippen molar-refractivity contribution in [2.75, 3.05) is 32.7 Å². The zero-order valence-corrected chi connectivity index (χ0v) is 15.5. The van der Waals surface area contributed by atoms with E-state index >= 15 is 0 Å². The molecule has 3 aliphatic rings. The van der Waals surface area contributed by atoms with Crippen LogP contribution < -0.4 is 5.73 Å². The van der Waals surface area contributed by atoms with Crippen LogP contribution in [0.4, 0.5) is 0 Å². The van der Waals surface area contributed by atoms with Gasteiger partial charge in [-0.2, -0.15) is 0 Å². The molecule has 2 saturated heterocycles. The molecule has 0 aromatic carbocycles. The fraction of sp³-hybridized carbons (Fsp3) is 0.947. The van der Waals surface area contributed by atoms with E-state index in [1.807, 2.05) is 4.90 Å². The smallest absolute Gasteiger partial charge is 0.242 e. The topological polar surface area (TPSA) is 58.8 Å². The van der Waals surface area contributed by atoms with E-state index in [0.717, 1.165) is 71.2 Å². The number of nitrogens with zero attached hydrogens (tertiary/aromatic N) is 2. The van der Waals surface area contributed by atoms with Gasteiger partial charge in [0.25, 0.3) is 0 Å². The van der Waals surface area contributed by atoms with Crippen LogP contribution in [-0.2, 0) is 9.53 Å². The van der Waals surface area contributed by atoms with E-state index in [2.05, 4.69) is 18.7 Å². The monoisotopic (exact) mass is 337 g/mol. The number of likely N-dealkylation sites (tertiary alicyclic amines) is 1. The van der Waals surface area contributed by atoms with Crippen LogP contribution in [-0.4, -0.2) is 66.2 Å². The van der Waals surface area contributed by atoms with Gasteiger partial charge in [-0.1, -0.05) is 19.3 Å². The van der Waals surface area contributed by atoms with Crippen LogP contribution in [0, 0.1) is 5.92 Å². The Morgan fingerprint density at radius 3 is 2.25 bits per heavy atom. The molecule has 0 spiro atoms. The van der Waals surface area contributed by atoms with Gasteiger partial charge in [0.15, 0.2) is 0 Å². The van der Waals surface area contributed by atoms with Crippen LogP contribution >= 0.6 is 0 Å². The molecule has 0 aromatic heterocycles. The van der Waals surface area contributed by atoms with Gasteiger partial charge < -0.3 is 15.4 Å². The number of piperidine rings is 1. The van der Waals surface area contributed by atoms with E-state index in [1.54, 1.807) is 0 Å². The van der Waals surface area contributed by atoms with Gasteiger partial charge in [-0.3, -0.25) is 9.69 Å². The van der Waals surface area contributed by atoms with Crippen LogP contribution in [0.1, 0.15) is 58.8 Å². The number of morpholine rings is 1. The highest BCUT2D eigenvalue weighted by atomic mass is 16.5. The lowest BCUT2D eigenvalue weighted by Crippen LogP contribution is -2.58. The molecular weight excluding hydrogens is 302 g/mol. The van der Waals surface area contributed by atoms with Crippen molar-refractivity contribution in [3.05, 3.63) is 0 Å². The molecule has 3 fully saturated rings. The van der Waals surface area contributed by atoms with Gasteiger partial charge in [-0.15, -0.1) is 0 Å². The predicted molar refractivity (Wildman–Crippen MR) is 95.8 cm³/mol. The van der Waals surface area contributed by atoms with Gasteiger partial charge in [-0.25, -0.2) is 0 Å². The number of carbonyl (C=O) groups excluding carboxylic acids is 1. The van der Waals surface area contributed by atoms with Crippen molar-refractivity contribution in [1.29, 1.82) is 0 Å². The van der Waals surface area contributed by atoms with E-state index < -0.39 is 5.54 Å². The molecule has 24 heavy (non-hydrogen) atoms. The standard InChI is InChI=1S/C19H35N3O2/c1-15-12-21(13-16(2)24-15)14-17-6-10-22(11-7-17)18(23)19(20)8-4-3-5-9-19/h15-17H,3-14,20H2,1-2H3. The summed E-state index contributed by atoms with van der Waals surface area (Å²) in [7, 11) is 0. The Balaban J connectivity index is 1.46. The molecule has 0 bridgehead atoms. The Morgan fingerprint density at radius 1 is 1.08 bits per heavy atom. The summed E-state index contributed by atoms with van der Waals surface area (Å²) >= 11 is 0. The van der Waals surface area contributed by atoms with Crippen LogP contribution in [0.15, 0.2) is 0 Å². The summed E-state index contributed by atoms with van der Waals surface area (Å²) in [5.41, 5.74) is 5.87. The number of hydrogen-bond donors (Lipinski definition) is 1. The minimum Gasteiger partial charge on any atom is -0.373 e. The SMILES string of the molecule is CC1CN(CC2CCN(C(=O)C3(N)CCCCC3)CC2)CC(C)O1. The summed E-state index contributed by atoms with van der Waals surface area (Å²) in [5, 5.41) is 0. The third-order valence-corrected chi connectivity index (χ3v) is 6.09. The highest BCUT2D eigenvalue weighted by Crippen LogP contribution is 2.29. The normalized spacial score (nSPS) is 32.7. The number of amides is 1. The molecule has 5 nitrogen and oxygen atoms in total. The Morgan fingerprint density at radius 2 is 1.67 bits per heavy atom. The zero-order valence-electron chi connectivity index (χ0n) is 15.5. The molecule has 3 rings (SSSR count). The van der Waals surface area contributed by atoms with Crippen molar-refractivity contribution >= 4 is 5.91 Å². The summed E-state index contributed by atoms with van der Waals surface area (Å²) in [6.07, 6.45) is 8.06. The molecule has 2 aliphatic heterocycles. The molecule has 0 radical (unpaired) electrons. The molecule has 2 atom stereocenters. The Labute approximate surface area is 146 Å². The van der Waals surface area contributed by atoms with Crippen LogP contribution in [0.25, 0.3) is 0 Å². The van der Waals surface area contributed by atoms with Crippen molar-refractivity contribution in [3.8, 4) is 0 Å². The van der Waals surface area contributed by atoms with Crippen LogP contribution in [0.5, 0.6) is 0 Å². The quantitative estimate of drug-likeness (QED) is 0.856. The Bertz CT molecular complexity index is 418. The second-order valence-electron chi connectivity index (χ2n) is 8.43. The lowest BCUT2D eigenvalue weighted by Gasteiger charge is -2.42. The summed E-state index contributed by atoms with van der Waals surface area (Å²) < 4.78 is 5.82. The lowest BCUT2D eigenvalue weighted by molar-refractivity contribution is -0.140. The minimum atomic E-state index is -0.569. The first-order valence-corrected chi connectivity index (χ1v) is 9.92. The van der Waals surface area contributed by atoms with Gasteiger partial charge in [0.2, 0.25) is 5.91 Å². The van der Waals surface area contributed by atoms with Crippen molar-refractivity contribution in [2.24, 2.45) is 11.7 Å². The van der Waals surface area contributed by atoms with Gasteiger partial charge in [-0.05, 0) is 45.4 Å². The number of carbonyl (C=O) groups is 1. The average molecular weight is 338 g/mol. The van der Waals surface area contributed by atoms with Crippen molar-refractivity contribution < 1.29 is 9.53 Å². The minimum absolute atomic E-state index is 0.217. The number of nitrogens with two attached hydrogens (primary N) is 1. The summed E-state index contributed by atoms with van der Waals surface area (Å²) in [4.78, 5) is 17.4. The highest BCUT2D eigenvalue weighted by Gasteiger charge is 2.39. The van der Waals surface area contributed by atoms with E-state index in [0.29, 0.717) is 18.1 Å². The highest BCUT2D eigenvalue weighted by molar-refractivity contribution is 5.86. The Hall–Kier alpha value is -0.650. The second kappa shape index (κ2) is 7.71.